The molecule has 0 aliphatic heterocycles. The lowest BCUT2D eigenvalue weighted by Crippen LogP contribution is -2.01. The first-order chi connectivity index (χ1) is 5.65. The third-order valence-electron chi connectivity index (χ3n) is 1.50. The maximum Gasteiger partial charge on any atom is 0.337 e. The van der Waals surface area contributed by atoms with Crippen LogP contribution in [0.4, 0.5) is 0 Å². The Labute approximate surface area is 74.8 Å². The first kappa shape index (κ1) is 9.03. The Hall–Kier alpha value is -1.06. The molecule has 0 radical (unpaired) electrons. The highest BCUT2D eigenvalue weighted by Crippen LogP contribution is 2.17. The fraction of sp³-hybridized carbons (Fsp3) is 0.125. The van der Waals surface area contributed by atoms with Crippen molar-refractivity contribution in [2.75, 3.05) is 0 Å². The average molecular weight is 186 g/mol. The van der Waals surface area contributed by atoms with E-state index in [0.717, 1.165) is 5.56 Å². The second-order valence-corrected chi connectivity index (χ2v) is 2.73. The van der Waals surface area contributed by atoms with E-state index in [4.69, 9.17) is 22.4 Å². The second kappa shape index (κ2) is 3.56. The van der Waals surface area contributed by atoms with Crippen LogP contribution in [0.1, 0.15) is 15.9 Å². The Bertz CT molecular complexity index is 312. The lowest BCUT2D eigenvalue weighted by atomic mass is 10.1. The van der Waals surface area contributed by atoms with Gasteiger partial charge in [-0.2, -0.15) is 0 Å². The van der Waals surface area contributed by atoms with Gasteiger partial charge >= 0.3 is 5.97 Å². The standard InChI is InChI=1S/C8H8ClNO2/c9-7-2-1-5(4-10)3-6(7)8(11)12/h1-3H,4,10H2,(H,11,12). The highest BCUT2D eigenvalue weighted by atomic mass is 35.5. The van der Waals surface area contributed by atoms with E-state index in [1.165, 1.54) is 12.1 Å². The molecule has 0 bridgehead atoms. The molecular weight excluding hydrogens is 178 g/mol. The van der Waals surface area contributed by atoms with Gasteiger partial charge < -0.3 is 10.8 Å². The molecule has 3 N–H and O–H groups in total. The Morgan fingerprint density at radius 3 is 2.75 bits per heavy atom. The minimum absolute atomic E-state index is 0.0969. The van der Waals surface area contributed by atoms with Crippen LogP contribution in [0.3, 0.4) is 0 Å². The first-order valence-corrected chi connectivity index (χ1v) is 3.74. The fourth-order valence-corrected chi connectivity index (χ4v) is 1.06. The van der Waals surface area contributed by atoms with Gasteiger partial charge in [0, 0.05) is 6.54 Å². The van der Waals surface area contributed by atoms with Crippen LogP contribution in [-0.4, -0.2) is 11.1 Å². The second-order valence-electron chi connectivity index (χ2n) is 2.32. The number of hydrogen-bond acceptors (Lipinski definition) is 2. The number of carboxylic acid groups (broad SMARTS) is 1. The van der Waals surface area contributed by atoms with Gasteiger partial charge in [-0.25, -0.2) is 4.79 Å². The number of halogens is 1. The van der Waals surface area contributed by atoms with Crippen molar-refractivity contribution in [1.29, 1.82) is 0 Å². The van der Waals surface area contributed by atoms with Crippen molar-refractivity contribution in [1.82, 2.24) is 0 Å². The van der Waals surface area contributed by atoms with Gasteiger partial charge in [-0.1, -0.05) is 17.7 Å². The summed E-state index contributed by atoms with van der Waals surface area (Å²) in [4.78, 5) is 10.6. The Kier molecular flexibility index (Phi) is 2.68. The summed E-state index contributed by atoms with van der Waals surface area (Å²) >= 11 is 5.63. The molecule has 12 heavy (non-hydrogen) atoms. The van der Waals surface area contributed by atoms with Crippen LogP contribution < -0.4 is 5.73 Å². The van der Waals surface area contributed by atoms with Crippen LogP contribution in [0.5, 0.6) is 0 Å². The SMILES string of the molecule is NCc1ccc(Cl)c(C(=O)O)c1. The normalized spacial score (nSPS) is 9.83. The van der Waals surface area contributed by atoms with E-state index < -0.39 is 5.97 Å². The fourth-order valence-electron chi connectivity index (χ4n) is 0.863. The topological polar surface area (TPSA) is 63.3 Å². The molecule has 0 aromatic heterocycles. The number of carbonyl (C=O) groups is 1. The maximum absolute atomic E-state index is 10.6. The summed E-state index contributed by atoms with van der Waals surface area (Å²) in [5, 5.41) is 8.90. The molecule has 0 atom stereocenters. The minimum Gasteiger partial charge on any atom is -0.478 e. The van der Waals surface area contributed by atoms with Crippen molar-refractivity contribution < 1.29 is 9.90 Å². The quantitative estimate of drug-likeness (QED) is 0.734. The number of rotatable bonds is 2. The van der Waals surface area contributed by atoms with Crippen molar-refractivity contribution in [2.45, 2.75) is 6.54 Å². The maximum atomic E-state index is 10.6. The van der Waals surface area contributed by atoms with E-state index in [1.807, 2.05) is 0 Å². The van der Waals surface area contributed by atoms with E-state index in [2.05, 4.69) is 0 Å². The molecule has 1 aromatic rings. The monoisotopic (exact) mass is 185 g/mol. The number of aromatic carboxylic acids is 1. The van der Waals surface area contributed by atoms with Crippen molar-refractivity contribution in [3.05, 3.63) is 34.3 Å². The molecule has 0 spiro atoms. The zero-order chi connectivity index (χ0) is 9.14. The minimum atomic E-state index is -1.03. The summed E-state index contributed by atoms with van der Waals surface area (Å²) in [7, 11) is 0. The van der Waals surface area contributed by atoms with E-state index in [-0.39, 0.29) is 10.6 Å². The molecule has 0 aliphatic rings. The van der Waals surface area contributed by atoms with Crippen LogP contribution >= 0.6 is 11.6 Å². The van der Waals surface area contributed by atoms with Gasteiger partial charge in [-0.3, -0.25) is 0 Å². The Balaban J connectivity index is 3.17. The third-order valence-corrected chi connectivity index (χ3v) is 1.83. The first-order valence-electron chi connectivity index (χ1n) is 3.37. The van der Waals surface area contributed by atoms with Crippen LogP contribution in [-0.2, 0) is 6.54 Å². The summed E-state index contributed by atoms with van der Waals surface area (Å²) in [5.41, 5.74) is 6.19. The third kappa shape index (κ3) is 1.75. The number of nitrogens with two attached hydrogens (primary N) is 1. The average Bonchev–Trinajstić information content (AvgIpc) is 2.05. The van der Waals surface area contributed by atoms with Gasteiger partial charge in [0.15, 0.2) is 0 Å². The van der Waals surface area contributed by atoms with Gasteiger partial charge in [-0.15, -0.1) is 0 Å². The molecule has 0 saturated heterocycles. The highest BCUT2D eigenvalue weighted by molar-refractivity contribution is 6.33. The molecule has 1 aromatic carbocycles. The highest BCUT2D eigenvalue weighted by Gasteiger charge is 2.07. The van der Waals surface area contributed by atoms with Gasteiger partial charge in [-0.05, 0) is 17.7 Å². The predicted octanol–water partition coefficient (Wildman–Crippen LogP) is 1.50. The summed E-state index contributed by atoms with van der Waals surface area (Å²) in [6, 6.07) is 4.71. The largest absolute Gasteiger partial charge is 0.478 e. The molecule has 0 fully saturated rings. The summed E-state index contributed by atoms with van der Waals surface area (Å²) in [5.74, 6) is -1.03. The lowest BCUT2D eigenvalue weighted by Gasteiger charge is -2.00. The zero-order valence-electron chi connectivity index (χ0n) is 6.25. The molecule has 4 heteroatoms. The van der Waals surface area contributed by atoms with Gasteiger partial charge in [0.2, 0.25) is 0 Å². The molecule has 0 unspecified atom stereocenters. The van der Waals surface area contributed by atoms with Crippen molar-refractivity contribution in [3.8, 4) is 0 Å². The smallest absolute Gasteiger partial charge is 0.337 e. The van der Waals surface area contributed by atoms with Crippen LogP contribution in [0, 0.1) is 0 Å². The van der Waals surface area contributed by atoms with Crippen LogP contribution in [0.2, 0.25) is 5.02 Å². The number of hydrogen-bond donors (Lipinski definition) is 2. The van der Waals surface area contributed by atoms with E-state index in [0.29, 0.717) is 6.54 Å². The molecule has 0 heterocycles. The molecule has 1 rings (SSSR count). The predicted molar refractivity (Wildman–Crippen MR) is 46.3 cm³/mol. The van der Waals surface area contributed by atoms with Crippen molar-refractivity contribution >= 4 is 17.6 Å². The molecule has 0 saturated carbocycles. The van der Waals surface area contributed by atoms with Crippen molar-refractivity contribution in [3.63, 3.8) is 0 Å². The van der Waals surface area contributed by atoms with Gasteiger partial charge in [0.25, 0.3) is 0 Å². The van der Waals surface area contributed by atoms with Crippen LogP contribution in [0.15, 0.2) is 18.2 Å². The summed E-state index contributed by atoms with van der Waals surface area (Å²) in [6.45, 7) is 0.317. The lowest BCUT2D eigenvalue weighted by molar-refractivity contribution is 0.0697. The van der Waals surface area contributed by atoms with E-state index in [1.54, 1.807) is 6.07 Å². The van der Waals surface area contributed by atoms with E-state index in [9.17, 15) is 4.79 Å². The number of carboxylic acids is 1. The molecular formula is C8H8ClNO2. The van der Waals surface area contributed by atoms with Crippen LogP contribution in [0.25, 0.3) is 0 Å². The molecule has 64 valence electrons. The summed E-state index contributed by atoms with van der Waals surface area (Å²) in [6.07, 6.45) is 0. The van der Waals surface area contributed by atoms with Crippen molar-refractivity contribution in [2.24, 2.45) is 5.73 Å². The Morgan fingerprint density at radius 1 is 1.58 bits per heavy atom. The van der Waals surface area contributed by atoms with Gasteiger partial charge in [0.1, 0.15) is 0 Å². The summed E-state index contributed by atoms with van der Waals surface area (Å²) < 4.78 is 0. The molecule has 0 amide bonds. The Morgan fingerprint density at radius 2 is 2.25 bits per heavy atom. The zero-order valence-corrected chi connectivity index (χ0v) is 7.01. The molecule has 0 aliphatic carbocycles. The van der Waals surface area contributed by atoms with E-state index >= 15 is 0 Å². The molecule has 3 nitrogen and oxygen atoms in total. The number of benzene rings is 1. The van der Waals surface area contributed by atoms with Gasteiger partial charge in [0.05, 0.1) is 10.6 Å².